The molecule has 3 rings (SSSR count). The van der Waals surface area contributed by atoms with Gasteiger partial charge in [-0.3, -0.25) is 4.68 Å². The summed E-state index contributed by atoms with van der Waals surface area (Å²) in [7, 11) is 1.59. The van der Waals surface area contributed by atoms with Crippen LogP contribution in [0.2, 0.25) is 10.0 Å². The Bertz CT molecular complexity index is 921. The van der Waals surface area contributed by atoms with Gasteiger partial charge in [0.1, 0.15) is 11.4 Å². The molecule has 0 aliphatic heterocycles. The van der Waals surface area contributed by atoms with Crippen LogP contribution in [-0.2, 0) is 6.54 Å². The molecule has 3 aromatic rings. The van der Waals surface area contributed by atoms with Crippen LogP contribution in [0.4, 0.5) is 0 Å². The Morgan fingerprint density at radius 1 is 1.16 bits per heavy atom. The second kappa shape index (κ2) is 7.17. The molecule has 0 fully saturated rings. The van der Waals surface area contributed by atoms with E-state index in [1.54, 1.807) is 37.4 Å². The first-order valence-corrected chi connectivity index (χ1v) is 8.13. The zero-order valence-corrected chi connectivity index (χ0v) is 14.8. The number of rotatable bonds is 5. The average molecular weight is 377 g/mol. The minimum Gasteiger partial charge on any atom is -0.497 e. The number of hydrogen-bond donors (Lipinski definition) is 1. The third kappa shape index (κ3) is 3.78. The molecule has 5 nitrogen and oxygen atoms in total. The van der Waals surface area contributed by atoms with Gasteiger partial charge in [-0.2, -0.15) is 5.10 Å². The van der Waals surface area contributed by atoms with E-state index in [1.807, 2.05) is 12.1 Å². The lowest BCUT2D eigenvalue weighted by molar-refractivity contribution is 0.0684. The number of carboxylic acids is 1. The van der Waals surface area contributed by atoms with Crippen LogP contribution in [0.5, 0.6) is 5.75 Å². The van der Waals surface area contributed by atoms with Crippen molar-refractivity contribution in [3.8, 4) is 17.0 Å². The Morgan fingerprint density at radius 2 is 1.88 bits per heavy atom. The van der Waals surface area contributed by atoms with Crippen molar-refractivity contribution >= 4 is 29.2 Å². The maximum absolute atomic E-state index is 11.6. The van der Waals surface area contributed by atoms with Gasteiger partial charge in [0.2, 0.25) is 0 Å². The normalized spacial score (nSPS) is 10.7. The van der Waals surface area contributed by atoms with E-state index in [-0.39, 0.29) is 12.2 Å². The standard InChI is InChI=1S/C18H14Cl2N2O3/c1-25-14-6-3-11(4-7-14)16-9-17(18(23)24)22(21-16)10-12-2-5-13(19)8-15(12)20/h2-9H,10H2,1H3,(H,23,24). The molecule has 0 unspecified atom stereocenters. The zero-order chi connectivity index (χ0) is 18.0. The monoisotopic (exact) mass is 376 g/mol. The lowest BCUT2D eigenvalue weighted by atomic mass is 10.1. The lowest BCUT2D eigenvalue weighted by Crippen LogP contribution is -2.11. The van der Waals surface area contributed by atoms with Crippen LogP contribution in [0.25, 0.3) is 11.3 Å². The van der Waals surface area contributed by atoms with Gasteiger partial charge in [0.25, 0.3) is 0 Å². The molecule has 0 spiro atoms. The molecule has 25 heavy (non-hydrogen) atoms. The Labute approximate surface area is 154 Å². The number of methoxy groups -OCH3 is 1. The van der Waals surface area contributed by atoms with Gasteiger partial charge >= 0.3 is 5.97 Å². The molecule has 0 atom stereocenters. The smallest absolute Gasteiger partial charge is 0.354 e. The minimum atomic E-state index is -1.06. The predicted octanol–water partition coefficient (Wildman–Crippen LogP) is 4.61. The number of aromatic carboxylic acids is 1. The molecule has 1 aromatic heterocycles. The van der Waals surface area contributed by atoms with E-state index >= 15 is 0 Å². The van der Waals surface area contributed by atoms with Gasteiger partial charge in [0.05, 0.1) is 19.3 Å². The van der Waals surface area contributed by atoms with Crippen molar-refractivity contribution in [2.45, 2.75) is 6.54 Å². The molecule has 1 N–H and O–H groups in total. The molecule has 0 aliphatic rings. The molecule has 0 saturated heterocycles. The van der Waals surface area contributed by atoms with E-state index in [0.717, 1.165) is 16.9 Å². The van der Waals surface area contributed by atoms with Gasteiger partial charge in [-0.15, -0.1) is 0 Å². The number of halogens is 2. The number of aromatic nitrogens is 2. The summed E-state index contributed by atoms with van der Waals surface area (Å²) in [6.45, 7) is 0.230. The number of nitrogens with zero attached hydrogens (tertiary/aromatic N) is 2. The second-order valence-electron chi connectivity index (χ2n) is 5.34. The maximum atomic E-state index is 11.6. The van der Waals surface area contributed by atoms with Gasteiger partial charge in [-0.1, -0.05) is 29.3 Å². The Kier molecular flexibility index (Phi) is 4.97. The molecule has 0 bridgehead atoms. The first-order valence-electron chi connectivity index (χ1n) is 7.37. The highest BCUT2D eigenvalue weighted by Crippen LogP contribution is 2.25. The number of hydrogen-bond acceptors (Lipinski definition) is 3. The van der Waals surface area contributed by atoms with E-state index in [1.165, 1.54) is 10.7 Å². The van der Waals surface area contributed by atoms with Crippen LogP contribution in [0.15, 0.2) is 48.5 Å². The van der Waals surface area contributed by atoms with Crippen LogP contribution in [0.1, 0.15) is 16.1 Å². The molecule has 128 valence electrons. The highest BCUT2D eigenvalue weighted by Gasteiger charge is 2.16. The van der Waals surface area contributed by atoms with Crippen molar-refractivity contribution in [2.24, 2.45) is 0 Å². The summed E-state index contributed by atoms with van der Waals surface area (Å²) in [6, 6.07) is 13.9. The minimum absolute atomic E-state index is 0.0804. The van der Waals surface area contributed by atoms with Crippen molar-refractivity contribution in [1.29, 1.82) is 0 Å². The summed E-state index contributed by atoms with van der Waals surface area (Å²) in [6.07, 6.45) is 0. The average Bonchev–Trinajstić information content (AvgIpc) is 3.02. The molecule has 0 saturated carbocycles. The largest absolute Gasteiger partial charge is 0.497 e. The summed E-state index contributed by atoms with van der Waals surface area (Å²) in [5.74, 6) is -0.341. The third-order valence-corrected chi connectivity index (χ3v) is 4.31. The van der Waals surface area contributed by atoms with Crippen molar-refractivity contribution < 1.29 is 14.6 Å². The van der Waals surface area contributed by atoms with Gasteiger partial charge in [0.15, 0.2) is 0 Å². The summed E-state index contributed by atoms with van der Waals surface area (Å²) in [5, 5.41) is 14.9. The number of carbonyl (C=O) groups is 1. The predicted molar refractivity (Wildman–Crippen MR) is 96.7 cm³/mol. The maximum Gasteiger partial charge on any atom is 0.354 e. The van der Waals surface area contributed by atoms with Gasteiger partial charge in [0, 0.05) is 15.6 Å². The highest BCUT2D eigenvalue weighted by atomic mass is 35.5. The van der Waals surface area contributed by atoms with Crippen molar-refractivity contribution in [2.75, 3.05) is 7.11 Å². The summed E-state index contributed by atoms with van der Waals surface area (Å²) >= 11 is 12.1. The molecule has 2 aromatic carbocycles. The first kappa shape index (κ1) is 17.3. The number of ether oxygens (including phenoxy) is 1. The van der Waals surface area contributed by atoms with Gasteiger partial charge in [-0.25, -0.2) is 4.79 Å². The van der Waals surface area contributed by atoms with E-state index in [2.05, 4.69) is 5.10 Å². The fraction of sp³-hybridized carbons (Fsp3) is 0.111. The van der Waals surface area contributed by atoms with Gasteiger partial charge < -0.3 is 9.84 Å². The Balaban J connectivity index is 1.98. The Hall–Kier alpha value is -2.50. The van der Waals surface area contributed by atoms with Crippen LogP contribution in [0, 0.1) is 0 Å². The molecular formula is C18H14Cl2N2O3. The van der Waals surface area contributed by atoms with E-state index in [0.29, 0.717) is 15.7 Å². The lowest BCUT2D eigenvalue weighted by Gasteiger charge is -2.07. The van der Waals surface area contributed by atoms with E-state index in [9.17, 15) is 9.90 Å². The SMILES string of the molecule is COc1ccc(-c2cc(C(=O)O)n(Cc3ccc(Cl)cc3Cl)n2)cc1. The van der Waals surface area contributed by atoms with Gasteiger partial charge in [-0.05, 0) is 48.0 Å². The van der Waals surface area contributed by atoms with Crippen LogP contribution < -0.4 is 4.74 Å². The third-order valence-electron chi connectivity index (χ3n) is 3.72. The first-order chi connectivity index (χ1) is 12.0. The quantitative estimate of drug-likeness (QED) is 0.705. The molecular weight excluding hydrogens is 363 g/mol. The molecule has 7 heteroatoms. The highest BCUT2D eigenvalue weighted by molar-refractivity contribution is 6.35. The number of carboxylic acid groups (broad SMARTS) is 1. The van der Waals surface area contributed by atoms with E-state index in [4.69, 9.17) is 27.9 Å². The molecule has 0 amide bonds. The molecule has 0 aliphatic carbocycles. The topological polar surface area (TPSA) is 64.3 Å². The van der Waals surface area contributed by atoms with E-state index < -0.39 is 5.97 Å². The molecule has 1 heterocycles. The van der Waals surface area contributed by atoms with Crippen molar-refractivity contribution in [3.05, 3.63) is 69.8 Å². The summed E-state index contributed by atoms with van der Waals surface area (Å²) in [5.41, 5.74) is 2.17. The fourth-order valence-electron chi connectivity index (χ4n) is 2.42. The van der Waals surface area contributed by atoms with Crippen LogP contribution >= 0.6 is 23.2 Å². The summed E-state index contributed by atoms with van der Waals surface area (Å²) in [4.78, 5) is 11.6. The van der Waals surface area contributed by atoms with Crippen molar-refractivity contribution in [1.82, 2.24) is 9.78 Å². The van der Waals surface area contributed by atoms with Crippen LogP contribution in [0.3, 0.4) is 0 Å². The van der Waals surface area contributed by atoms with Crippen molar-refractivity contribution in [3.63, 3.8) is 0 Å². The second-order valence-corrected chi connectivity index (χ2v) is 6.19. The molecule has 0 radical (unpaired) electrons. The summed E-state index contributed by atoms with van der Waals surface area (Å²) < 4.78 is 6.54. The number of benzene rings is 2. The Morgan fingerprint density at radius 3 is 2.48 bits per heavy atom. The zero-order valence-electron chi connectivity index (χ0n) is 13.2. The van der Waals surface area contributed by atoms with Crippen LogP contribution in [-0.4, -0.2) is 28.0 Å². The fourth-order valence-corrected chi connectivity index (χ4v) is 2.89.